The maximum absolute atomic E-state index is 11.6. The van der Waals surface area contributed by atoms with Gasteiger partial charge in [0.05, 0.1) is 0 Å². The minimum absolute atomic E-state index is 0. The number of aryl methyl sites for hydroxylation is 3. The second-order valence-corrected chi connectivity index (χ2v) is 4.72. The van der Waals surface area contributed by atoms with E-state index < -0.39 is 0 Å². The molecule has 0 aliphatic heterocycles. The van der Waals surface area contributed by atoms with E-state index in [9.17, 15) is 4.79 Å². The van der Waals surface area contributed by atoms with E-state index in [2.05, 4.69) is 5.32 Å². The summed E-state index contributed by atoms with van der Waals surface area (Å²) in [7, 11) is 0. The van der Waals surface area contributed by atoms with Gasteiger partial charge in [-0.3, -0.25) is 4.79 Å². The van der Waals surface area contributed by atoms with Crippen LogP contribution in [0.5, 0.6) is 5.75 Å². The molecular weight excluding hydrogens is 264 g/mol. The van der Waals surface area contributed by atoms with Gasteiger partial charge in [0.1, 0.15) is 5.75 Å². The minimum Gasteiger partial charge on any atom is -0.483 e. The molecule has 19 heavy (non-hydrogen) atoms. The maximum atomic E-state index is 11.6. The molecule has 1 amide bonds. The van der Waals surface area contributed by atoms with Gasteiger partial charge in [0.25, 0.3) is 5.91 Å². The van der Waals surface area contributed by atoms with Crippen LogP contribution >= 0.6 is 12.4 Å². The van der Waals surface area contributed by atoms with Crippen LogP contribution in [-0.2, 0) is 4.79 Å². The van der Waals surface area contributed by atoms with Crippen LogP contribution in [0.25, 0.3) is 0 Å². The summed E-state index contributed by atoms with van der Waals surface area (Å²) in [5.74, 6) is 0.642. The summed E-state index contributed by atoms with van der Waals surface area (Å²) in [4.78, 5) is 11.6. The van der Waals surface area contributed by atoms with Crippen molar-refractivity contribution in [3.05, 3.63) is 28.8 Å². The standard InChI is InChI=1S/C14H22N2O2.ClH/c1-9-5-10(2)14(11(3)6-9)18-8-13(17)16-12(4)7-15;/h5-6,12H,7-8,15H2,1-4H3,(H,16,17);1H/t12-;/m0./s1. The van der Waals surface area contributed by atoms with Gasteiger partial charge in [0.15, 0.2) is 6.61 Å². The van der Waals surface area contributed by atoms with E-state index in [-0.39, 0.29) is 31.0 Å². The van der Waals surface area contributed by atoms with Crippen LogP contribution in [0.2, 0.25) is 0 Å². The molecule has 1 aromatic carbocycles. The van der Waals surface area contributed by atoms with Crippen molar-refractivity contribution in [2.24, 2.45) is 5.73 Å². The highest BCUT2D eigenvalue weighted by Crippen LogP contribution is 2.24. The average Bonchev–Trinajstić information content (AvgIpc) is 2.27. The Morgan fingerprint density at radius 2 is 1.84 bits per heavy atom. The van der Waals surface area contributed by atoms with Crippen molar-refractivity contribution in [1.82, 2.24) is 5.32 Å². The second kappa shape index (κ2) is 8.02. The highest BCUT2D eigenvalue weighted by atomic mass is 35.5. The van der Waals surface area contributed by atoms with Gasteiger partial charge in [-0.25, -0.2) is 0 Å². The molecule has 0 fully saturated rings. The third kappa shape index (κ3) is 5.49. The molecule has 0 saturated heterocycles. The Morgan fingerprint density at radius 3 is 2.32 bits per heavy atom. The normalized spacial score (nSPS) is 11.4. The second-order valence-electron chi connectivity index (χ2n) is 4.72. The predicted molar refractivity (Wildman–Crippen MR) is 80.1 cm³/mol. The van der Waals surface area contributed by atoms with E-state index in [4.69, 9.17) is 10.5 Å². The third-order valence-electron chi connectivity index (χ3n) is 2.71. The zero-order valence-electron chi connectivity index (χ0n) is 11.9. The summed E-state index contributed by atoms with van der Waals surface area (Å²) in [6.07, 6.45) is 0. The van der Waals surface area contributed by atoms with Crippen molar-refractivity contribution >= 4 is 18.3 Å². The van der Waals surface area contributed by atoms with Crippen molar-refractivity contribution in [2.45, 2.75) is 33.7 Å². The lowest BCUT2D eigenvalue weighted by Gasteiger charge is -2.15. The van der Waals surface area contributed by atoms with Gasteiger partial charge in [0, 0.05) is 12.6 Å². The van der Waals surface area contributed by atoms with Gasteiger partial charge >= 0.3 is 0 Å². The lowest BCUT2D eigenvalue weighted by Crippen LogP contribution is -2.40. The Bertz CT molecular complexity index is 412. The smallest absolute Gasteiger partial charge is 0.258 e. The van der Waals surface area contributed by atoms with Gasteiger partial charge in [-0.1, -0.05) is 17.7 Å². The first-order valence-corrected chi connectivity index (χ1v) is 6.14. The first-order chi connectivity index (χ1) is 8.43. The van der Waals surface area contributed by atoms with E-state index in [1.165, 1.54) is 5.56 Å². The largest absolute Gasteiger partial charge is 0.483 e. The SMILES string of the molecule is Cc1cc(C)c(OCC(=O)N[C@@H](C)CN)c(C)c1.Cl. The highest BCUT2D eigenvalue weighted by molar-refractivity contribution is 5.85. The van der Waals surface area contributed by atoms with Crippen LogP contribution in [0.1, 0.15) is 23.6 Å². The summed E-state index contributed by atoms with van der Waals surface area (Å²) >= 11 is 0. The highest BCUT2D eigenvalue weighted by Gasteiger charge is 2.09. The van der Waals surface area contributed by atoms with E-state index in [1.807, 2.05) is 39.8 Å². The molecular formula is C14H23ClN2O2. The molecule has 4 nitrogen and oxygen atoms in total. The fourth-order valence-electron chi connectivity index (χ4n) is 1.91. The molecule has 0 unspecified atom stereocenters. The van der Waals surface area contributed by atoms with Crippen molar-refractivity contribution in [3.63, 3.8) is 0 Å². The summed E-state index contributed by atoms with van der Waals surface area (Å²) in [5, 5.41) is 2.76. The first-order valence-electron chi connectivity index (χ1n) is 6.14. The fraction of sp³-hybridized carbons (Fsp3) is 0.500. The Labute approximate surface area is 121 Å². The number of hydrogen-bond donors (Lipinski definition) is 2. The van der Waals surface area contributed by atoms with Gasteiger partial charge in [0.2, 0.25) is 0 Å². The Balaban J connectivity index is 0.00000324. The summed E-state index contributed by atoms with van der Waals surface area (Å²) in [5.41, 5.74) is 8.73. The summed E-state index contributed by atoms with van der Waals surface area (Å²) in [6.45, 7) is 8.31. The quantitative estimate of drug-likeness (QED) is 0.869. The molecule has 5 heteroatoms. The van der Waals surface area contributed by atoms with Crippen molar-refractivity contribution < 1.29 is 9.53 Å². The van der Waals surface area contributed by atoms with E-state index in [0.29, 0.717) is 6.54 Å². The van der Waals surface area contributed by atoms with Crippen molar-refractivity contribution in [1.29, 1.82) is 0 Å². The average molecular weight is 287 g/mol. The zero-order chi connectivity index (χ0) is 13.7. The summed E-state index contributed by atoms with van der Waals surface area (Å²) < 4.78 is 5.58. The molecule has 1 atom stereocenters. The number of ether oxygens (including phenoxy) is 1. The summed E-state index contributed by atoms with van der Waals surface area (Å²) in [6, 6.07) is 4.06. The monoisotopic (exact) mass is 286 g/mol. The fourth-order valence-corrected chi connectivity index (χ4v) is 1.91. The molecule has 0 aromatic heterocycles. The lowest BCUT2D eigenvalue weighted by molar-refractivity contribution is -0.123. The molecule has 1 aromatic rings. The van der Waals surface area contributed by atoms with Crippen molar-refractivity contribution in [3.8, 4) is 5.75 Å². The van der Waals surface area contributed by atoms with Crippen LogP contribution < -0.4 is 15.8 Å². The van der Waals surface area contributed by atoms with Crippen LogP contribution in [0.15, 0.2) is 12.1 Å². The predicted octanol–water partition coefficient (Wildman–Crippen LogP) is 1.88. The van der Waals surface area contributed by atoms with E-state index in [0.717, 1.165) is 16.9 Å². The van der Waals surface area contributed by atoms with Crippen LogP contribution in [0.3, 0.4) is 0 Å². The Hall–Kier alpha value is -1.26. The molecule has 0 saturated carbocycles. The number of rotatable bonds is 5. The first kappa shape index (κ1) is 17.7. The van der Waals surface area contributed by atoms with E-state index >= 15 is 0 Å². The Morgan fingerprint density at radius 1 is 1.32 bits per heavy atom. The number of benzene rings is 1. The minimum atomic E-state index is -0.146. The number of carbonyl (C=O) groups is 1. The van der Waals surface area contributed by atoms with Crippen molar-refractivity contribution in [2.75, 3.05) is 13.2 Å². The third-order valence-corrected chi connectivity index (χ3v) is 2.71. The van der Waals surface area contributed by atoms with E-state index in [1.54, 1.807) is 0 Å². The molecule has 0 spiro atoms. The number of nitrogens with two attached hydrogens (primary N) is 1. The van der Waals surface area contributed by atoms with Crippen LogP contribution in [0.4, 0.5) is 0 Å². The van der Waals surface area contributed by atoms with Crippen LogP contribution in [0, 0.1) is 20.8 Å². The molecule has 0 aliphatic rings. The molecule has 0 heterocycles. The number of amides is 1. The van der Waals surface area contributed by atoms with Gasteiger partial charge in [-0.15, -0.1) is 12.4 Å². The molecule has 0 radical (unpaired) electrons. The number of carbonyl (C=O) groups excluding carboxylic acids is 1. The van der Waals surface area contributed by atoms with Gasteiger partial charge in [-0.05, 0) is 38.8 Å². The molecule has 0 aliphatic carbocycles. The number of hydrogen-bond acceptors (Lipinski definition) is 3. The maximum Gasteiger partial charge on any atom is 0.258 e. The van der Waals surface area contributed by atoms with Crippen LogP contribution in [-0.4, -0.2) is 25.1 Å². The molecule has 3 N–H and O–H groups in total. The molecule has 108 valence electrons. The molecule has 0 bridgehead atoms. The topological polar surface area (TPSA) is 64.3 Å². The van der Waals surface area contributed by atoms with Gasteiger partial charge < -0.3 is 15.8 Å². The Kier molecular flexibility index (Phi) is 7.49. The number of nitrogens with one attached hydrogen (secondary N) is 1. The van der Waals surface area contributed by atoms with Gasteiger partial charge in [-0.2, -0.15) is 0 Å². The lowest BCUT2D eigenvalue weighted by atomic mass is 10.1. The zero-order valence-corrected chi connectivity index (χ0v) is 12.8. The molecule has 1 rings (SSSR count). The number of halogens is 1.